The molecule has 0 atom stereocenters. The van der Waals surface area contributed by atoms with E-state index in [0.717, 1.165) is 0 Å². The van der Waals surface area contributed by atoms with E-state index >= 15 is 0 Å². The van der Waals surface area contributed by atoms with E-state index in [0.29, 0.717) is 17.1 Å². The van der Waals surface area contributed by atoms with Crippen molar-refractivity contribution >= 4 is 17.7 Å². The van der Waals surface area contributed by atoms with E-state index in [1.54, 1.807) is 38.2 Å². The number of anilines is 1. The van der Waals surface area contributed by atoms with Gasteiger partial charge < -0.3 is 14.8 Å². The average molecular weight is 365 g/mol. The number of nitrogens with one attached hydrogen (secondary N) is 1. The fourth-order valence-electron chi connectivity index (χ4n) is 2.45. The van der Waals surface area contributed by atoms with Gasteiger partial charge in [0, 0.05) is 12.6 Å². The Labute approximate surface area is 156 Å². The molecular formula is C20H19N3O4. The van der Waals surface area contributed by atoms with Crippen LogP contribution in [0.3, 0.4) is 0 Å². The second kappa shape index (κ2) is 8.18. The number of hydrogen-bond acceptors (Lipinski definition) is 5. The first kappa shape index (κ1) is 18.2. The number of amides is 1. The Morgan fingerprint density at radius 2 is 1.81 bits per heavy atom. The number of carbonyl (C=O) groups excluding carboxylic acids is 2. The number of nitrogens with zero attached hydrogens (tertiary/aromatic N) is 2. The van der Waals surface area contributed by atoms with Crippen molar-refractivity contribution in [2.75, 3.05) is 11.9 Å². The fourth-order valence-corrected chi connectivity index (χ4v) is 2.45. The summed E-state index contributed by atoms with van der Waals surface area (Å²) in [6, 6.07) is 16.1. The third kappa shape index (κ3) is 4.33. The molecule has 0 fully saturated rings. The molecule has 0 spiro atoms. The minimum absolute atomic E-state index is 0.199. The summed E-state index contributed by atoms with van der Waals surface area (Å²) in [5.74, 6) is 0.549. The molecular weight excluding hydrogens is 346 g/mol. The first-order valence-electron chi connectivity index (χ1n) is 8.42. The van der Waals surface area contributed by atoms with Crippen LogP contribution >= 0.6 is 0 Å². The van der Waals surface area contributed by atoms with E-state index in [2.05, 4.69) is 10.4 Å². The Bertz CT molecular complexity index is 951. The Kier molecular flexibility index (Phi) is 5.51. The van der Waals surface area contributed by atoms with Crippen molar-refractivity contribution in [3.63, 3.8) is 0 Å². The monoisotopic (exact) mass is 365 g/mol. The van der Waals surface area contributed by atoms with Crippen molar-refractivity contribution in [1.82, 2.24) is 9.78 Å². The number of benzene rings is 2. The van der Waals surface area contributed by atoms with Gasteiger partial charge in [0.05, 0.1) is 12.8 Å². The largest absolute Gasteiger partial charge is 0.462 e. The molecule has 0 saturated heterocycles. The zero-order valence-electron chi connectivity index (χ0n) is 15.0. The van der Waals surface area contributed by atoms with Crippen molar-refractivity contribution in [2.24, 2.45) is 7.05 Å². The van der Waals surface area contributed by atoms with Crippen molar-refractivity contribution in [3.05, 3.63) is 71.9 Å². The maximum atomic E-state index is 12.6. The van der Waals surface area contributed by atoms with Crippen LogP contribution in [0.4, 0.5) is 5.82 Å². The zero-order valence-corrected chi connectivity index (χ0v) is 15.0. The summed E-state index contributed by atoms with van der Waals surface area (Å²) in [6.07, 6.45) is 1.36. The van der Waals surface area contributed by atoms with Crippen LogP contribution in [0.1, 0.15) is 27.6 Å². The molecule has 0 aliphatic rings. The van der Waals surface area contributed by atoms with Gasteiger partial charge in [0.25, 0.3) is 5.91 Å². The molecule has 0 saturated carbocycles. The van der Waals surface area contributed by atoms with Gasteiger partial charge in [-0.05, 0) is 37.3 Å². The van der Waals surface area contributed by atoms with Gasteiger partial charge in [-0.3, -0.25) is 9.48 Å². The highest BCUT2D eigenvalue weighted by atomic mass is 16.5. The smallest absolute Gasteiger partial charge is 0.343 e. The molecule has 7 nitrogen and oxygen atoms in total. The minimum Gasteiger partial charge on any atom is -0.462 e. The van der Waals surface area contributed by atoms with E-state index in [1.165, 1.54) is 10.9 Å². The molecule has 0 radical (unpaired) electrons. The summed E-state index contributed by atoms with van der Waals surface area (Å²) in [5.41, 5.74) is 0.587. The van der Waals surface area contributed by atoms with Crippen LogP contribution in [0.15, 0.2) is 60.8 Å². The first-order valence-corrected chi connectivity index (χ1v) is 8.42. The molecule has 0 unspecified atom stereocenters. The summed E-state index contributed by atoms with van der Waals surface area (Å²) in [5, 5.41) is 6.73. The quantitative estimate of drug-likeness (QED) is 0.675. The van der Waals surface area contributed by atoms with Crippen LogP contribution in [-0.2, 0) is 11.8 Å². The number of ether oxygens (including phenoxy) is 2. The summed E-state index contributed by atoms with van der Waals surface area (Å²) in [7, 11) is 1.63. The van der Waals surface area contributed by atoms with Gasteiger partial charge in [-0.2, -0.15) is 5.10 Å². The van der Waals surface area contributed by atoms with E-state index in [-0.39, 0.29) is 23.9 Å². The Hall–Kier alpha value is -3.61. The standard InChI is InChI=1S/C20H19N3O4/c1-3-26-20(25)17-13-21-23(2)18(17)22-19(24)14-8-7-11-16(12-14)27-15-9-5-4-6-10-15/h4-13H,3H2,1-2H3,(H,22,24). The molecule has 0 aliphatic heterocycles. The SMILES string of the molecule is CCOC(=O)c1cnn(C)c1NC(=O)c1cccc(Oc2ccccc2)c1. The molecule has 7 heteroatoms. The Morgan fingerprint density at radius 1 is 1.07 bits per heavy atom. The lowest BCUT2D eigenvalue weighted by atomic mass is 10.2. The summed E-state index contributed by atoms with van der Waals surface area (Å²) in [6.45, 7) is 1.95. The number of hydrogen-bond donors (Lipinski definition) is 1. The lowest BCUT2D eigenvalue weighted by molar-refractivity contribution is 0.0527. The number of para-hydroxylation sites is 1. The number of rotatable bonds is 6. The summed E-state index contributed by atoms with van der Waals surface area (Å²) in [4.78, 5) is 24.6. The van der Waals surface area contributed by atoms with Gasteiger partial charge in [-0.1, -0.05) is 24.3 Å². The molecule has 1 aromatic heterocycles. The maximum absolute atomic E-state index is 12.6. The molecule has 2 aromatic carbocycles. The fraction of sp³-hybridized carbons (Fsp3) is 0.150. The van der Waals surface area contributed by atoms with E-state index in [4.69, 9.17) is 9.47 Å². The van der Waals surface area contributed by atoms with E-state index < -0.39 is 5.97 Å². The second-order valence-corrected chi connectivity index (χ2v) is 5.65. The van der Waals surface area contributed by atoms with Crippen molar-refractivity contribution in [2.45, 2.75) is 6.92 Å². The molecule has 0 aliphatic carbocycles. The van der Waals surface area contributed by atoms with E-state index in [9.17, 15) is 9.59 Å². The molecule has 27 heavy (non-hydrogen) atoms. The van der Waals surface area contributed by atoms with Gasteiger partial charge in [0.2, 0.25) is 0 Å². The minimum atomic E-state index is -0.540. The molecule has 3 aromatic rings. The van der Waals surface area contributed by atoms with Gasteiger partial charge in [0.1, 0.15) is 22.9 Å². The third-order valence-electron chi connectivity index (χ3n) is 3.74. The second-order valence-electron chi connectivity index (χ2n) is 5.65. The number of aryl methyl sites for hydroxylation is 1. The maximum Gasteiger partial charge on any atom is 0.343 e. The Morgan fingerprint density at radius 3 is 2.56 bits per heavy atom. The van der Waals surface area contributed by atoms with Gasteiger partial charge in [0.15, 0.2) is 0 Å². The molecule has 1 heterocycles. The normalized spacial score (nSPS) is 10.3. The predicted molar refractivity (Wildman–Crippen MR) is 100 cm³/mol. The average Bonchev–Trinajstić information content (AvgIpc) is 3.03. The summed E-state index contributed by atoms with van der Waals surface area (Å²) >= 11 is 0. The lowest BCUT2D eigenvalue weighted by Gasteiger charge is -2.10. The molecule has 138 valence electrons. The molecule has 0 bridgehead atoms. The van der Waals surface area contributed by atoms with Gasteiger partial charge in [-0.25, -0.2) is 4.79 Å². The molecule has 3 rings (SSSR count). The van der Waals surface area contributed by atoms with Crippen LogP contribution in [-0.4, -0.2) is 28.3 Å². The van der Waals surface area contributed by atoms with Crippen LogP contribution in [0.25, 0.3) is 0 Å². The Balaban J connectivity index is 1.78. The number of carbonyl (C=O) groups is 2. The first-order chi connectivity index (χ1) is 13.1. The van der Waals surface area contributed by atoms with Crippen LogP contribution in [0.5, 0.6) is 11.5 Å². The van der Waals surface area contributed by atoms with Crippen LogP contribution in [0, 0.1) is 0 Å². The van der Waals surface area contributed by atoms with Crippen molar-refractivity contribution < 1.29 is 19.1 Å². The van der Waals surface area contributed by atoms with Crippen molar-refractivity contribution in [3.8, 4) is 11.5 Å². The third-order valence-corrected chi connectivity index (χ3v) is 3.74. The lowest BCUT2D eigenvalue weighted by Crippen LogP contribution is -2.17. The molecule has 1 amide bonds. The van der Waals surface area contributed by atoms with Crippen molar-refractivity contribution in [1.29, 1.82) is 0 Å². The summed E-state index contributed by atoms with van der Waals surface area (Å²) < 4.78 is 12.2. The van der Waals surface area contributed by atoms with Crippen LogP contribution in [0.2, 0.25) is 0 Å². The van der Waals surface area contributed by atoms with Crippen LogP contribution < -0.4 is 10.1 Å². The predicted octanol–water partition coefficient (Wildman–Crippen LogP) is 3.64. The van der Waals surface area contributed by atoms with Gasteiger partial charge >= 0.3 is 5.97 Å². The highest BCUT2D eigenvalue weighted by molar-refractivity contribution is 6.07. The zero-order chi connectivity index (χ0) is 19.2. The van der Waals surface area contributed by atoms with Gasteiger partial charge in [-0.15, -0.1) is 0 Å². The highest BCUT2D eigenvalue weighted by Crippen LogP contribution is 2.23. The molecule has 1 N–H and O–H groups in total. The number of esters is 1. The highest BCUT2D eigenvalue weighted by Gasteiger charge is 2.20. The van der Waals surface area contributed by atoms with E-state index in [1.807, 2.05) is 30.3 Å². The number of aromatic nitrogens is 2. The topological polar surface area (TPSA) is 82.5 Å².